The highest BCUT2D eigenvalue weighted by atomic mass is 16.7. The van der Waals surface area contributed by atoms with Crippen LogP contribution in [-0.2, 0) is 6.54 Å². The van der Waals surface area contributed by atoms with Gasteiger partial charge in [-0.15, -0.1) is 0 Å². The predicted octanol–water partition coefficient (Wildman–Crippen LogP) is 5.11. The number of aromatic nitrogens is 1. The molecule has 10 heteroatoms. The van der Waals surface area contributed by atoms with Gasteiger partial charge in [0.15, 0.2) is 11.5 Å². The fraction of sp³-hybridized carbons (Fsp3) is 0.306. The molecule has 4 aromatic rings. The number of benzene rings is 3. The Morgan fingerprint density at radius 2 is 1.67 bits per heavy atom. The summed E-state index contributed by atoms with van der Waals surface area (Å²) in [4.78, 5) is 37.1. The maximum absolute atomic E-state index is 13.5. The lowest BCUT2D eigenvalue weighted by molar-refractivity contribution is 0.0741. The first kappa shape index (κ1) is 32.5. The number of pyridine rings is 1. The monoisotopic (exact) mass is 622 g/mol. The minimum atomic E-state index is -0.239. The second-order valence-electron chi connectivity index (χ2n) is 11.6. The predicted molar refractivity (Wildman–Crippen MR) is 181 cm³/mol. The van der Waals surface area contributed by atoms with Crippen LogP contribution in [0.2, 0.25) is 0 Å². The molecule has 1 aliphatic heterocycles. The molecule has 0 radical (unpaired) electrons. The van der Waals surface area contributed by atoms with E-state index in [0.717, 1.165) is 41.9 Å². The van der Waals surface area contributed by atoms with E-state index in [0.29, 0.717) is 54.4 Å². The van der Waals surface area contributed by atoms with Gasteiger partial charge in [-0.25, -0.2) is 0 Å². The van der Waals surface area contributed by atoms with Gasteiger partial charge in [0.1, 0.15) is 0 Å². The van der Waals surface area contributed by atoms with Gasteiger partial charge in [-0.2, -0.15) is 0 Å². The molecule has 0 saturated heterocycles. The van der Waals surface area contributed by atoms with Crippen LogP contribution in [0.25, 0.3) is 11.1 Å². The number of fused-ring (bicyclic) bond motifs is 1. The molecule has 0 saturated carbocycles. The van der Waals surface area contributed by atoms with Gasteiger partial charge in [-0.1, -0.05) is 24.3 Å². The molecule has 0 aliphatic carbocycles. The molecule has 5 rings (SSSR count). The number of amides is 2. The Morgan fingerprint density at radius 3 is 2.46 bits per heavy atom. The number of rotatable bonds is 14. The Kier molecular flexibility index (Phi) is 10.9. The van der Waals surface area contributed by atoms with Crippen molar-refractivity contribution in [2.75, 3.05) is 64.3 Å². The van der Waals surface area contributed by atoms with Crippen LogP contribution in [0.1, 0.15) is 39.1 Å². The van der Waals surface area contributed by atoms with E-state index in [2.05, 4.69) is 46.3 Å². The average molecular weight is 623 g/mol. The molecule has 0 unspecified atom stereocenters. The zero-order valence-corrected chi connectivity index (χ0v) is 26.7. The summed E-state index contributed by atoms with van der Waals surface area (Å²) in [5.74, 6) is 0.865. The molecular weight excluding hydrogens is 580 g/mol. The summed E-state index contributed by atoms with van der Waals surface area (Å²) in [6.07, 6.45) is 4.92. The van der Waals surface area contributed by atoms with Gasteiger partial charge in [-0.05, 0) is 105 Å². The summed E-state index contributed by atoms with van der Waals surface area (Å²) in [6, 6.07) is 23.0. The first-order chi connectivity index (χ1) is 22.3. The van der Waals surface area contributed by atoms with Crippen LogP contribution in [0.15, 0.2) is 85.2 Å². The molecule has 3 N–H and O–H groups in total. The molecule has 46 heavy (non-hydrogen) atoms. The number of anilines is 2. The number of carbonyl (C=O) groups is 2. The Balaban J connectivity index is 1.42. The highest BCUT2D eigenvalue weighted by Crippen LogP contribution is 2.35. The Morgan fingerprint density at radius 1 is 0.848 bits per heavy atom. The first-order valence-electron chi connectivity index (χ1n) is 15.5. The standard InChI is InChI=1S/C36H42N6O4/c1-40(2)17-7-18-41(3)32-13-11-28(21-31(32)39-35(43)29-12-14-33-34(22-29)46-25-45-33)27-9-4-8-26(20-27)24-42(19-6-15-37)36(44)30-10-5-16-38-23-30/h4-5,8-14,16,20-23H,6-7,15,17-19,24-25,37H2,1-3H3,(H,39,43). The van der Waals surface area contributed by atoms with Gasteiger partial charge >= 0.3 is 0 Å². The van der Waals surface area contributed by atoms with Crippen LogP contribution in [-0.4, -0.2) is 80.7 Å². The van der Waals surface area contributed by atoms with E-state index in [9.17, 15) is 9.59 Å². The van der Waals surface area contributed by atoms with Gasteiger partial charge in [0.2, 0.25) is 6.79 Å². The van der Waals surface area contributed by atoms with Gasteiger partial charge in [-0.3, -0.25) is 14.6 Å². The molecule has 240 valence electrons. The van der Waals surface area contributed by atoms with Crippen molar-refractivity contribution in [1.29, 1.82) is 0 Å². The van der Waals surface area contributed by atoms with Crippen LogP contribution >= 0.6 is 0 Å². The van der Waals surface area contributed by atoms with E-state index in [4.69, 9.17) is 15.2 Å². The van der Waals surface area contributed by atoms with E-state index in [1.807, 2.05) is 42.3 Å². The van der Waals surface area contributed by atoms with Crippen molar-refractivity contribution in [2.45, 2.75) is 19.4 Å². The molecule has 0 atom stereocenters. The fourth-order valence-electron chi connectivity index (χ4n) is 5.40. The smallest absolute Gasteiger partial charge is 0.255 e. The second-order valence-corrected chi connectivity index (χ2v) is 11.6. The van der Waals surface area contributed by atoms with Crippen molar-refractivity contribution in [1.82, 2.24) is 14.8 Å². The van der Waals surface area contributed by atoms with Crippen LogP contribution < -0.4 is 25.4 Å². The third kappa shape index (κ3) is 8.21. The lowest BCUT2D eigenvalue weighted by atomic mass is 10.0. The Labute approximate surface area is 270 Å². The molecule has 3 aromatic carbocycles. The highest BCUT2D eigenvalue weighted by Gasteiger charge is 2.19. The molecule has 0 fully saturated rings. The number of hydrogen-bond acceptors (Lipinski definition) is 8. The summed E-state index contributed by atoms with van der Waals surface area (Å²) in [7, 11) is 6.16. The zero-order chi connectivity index (χ0) is 32.5. The molecule has 2 amide bonds. The van der Waals surface area contributed by atoms with Crippen LogP contribution in [0.5, 0.6) is 11.5 Å². The van der Waals surface area contributed by atoms with Gasteiger partial charge in [0.05, 0.1) is 16.9 Å². The number of nitrogens with zero attached hydrogens (tertiary/aromatic N) is 4. The summed E-state index contributed by atoms with van der Waals surface area (Å²) in [6.45, 7) is 3.39. The maximum atomic E-state index is 13.5. The second kappa shape index (κ2) is 15.4. The van der Waals surface area contributed by atoms with Crippen molar-refractivity contribution in [3.63, 3.8) is 0 Å². The molecule has 1 aliphatic rings. The van der Waals surface area contributed by atoms with E-state index in [-0.39, 0.29) is 18.6 Å². The Bertz CT molecular complexity index is 1650. The lowest BCUT2D eigenvalue weighted by Gasteiger charge is -2.25. The highest BCUT2D eigenvalue weighted by molar-refractivity contribution is 6.06. The Hall–Kier alpha value is -4.93. The number of carbonyl (C=O) groups excluding carboxylic acids is 2. The molecule has 10 nitrogen and oxygen atoms in total. The number of nitrogens with one attached hydrogen (secondary N) is 1. The molecule has 0 spiro atoms. The van der Waals surface area contributed by atoms with Crippen molar-refractivity contribution in [3.8, 4) is 22.6 Å². The summed E-state index contributed by atoms with van der Waals surface area (Å²) >= 11 is 0. The molecule has 2 heterocycles. The van der Waals surface area contributed by atoms with Crippen LogP contribution in [0, 0.1) is 0 Å². The van der Waals surface area contributed by atoms with Crippen molar-refractivity contribution in [2.24, 2.45) is 5.73 Å². The van der Waals surface area contributed by atoms with Crippen molar-refractivity contribution < 1.29 is 19.1 Å². The van der Waals surface area contributed by atoms with Crippen molar-refractivity contribution in [3.05, 3.63) is 102 Å². The number of hydrogen-bond donors (Lipinski definition) is 2. The van der Waals surface area contributed by atoms with Gasteiger partial charge < -0.3 is 35.2 Å². The summed E-state index contributed by atoms with van der Waals surface area (Å²) < 4.78 is 10.9. The zero-order valence-electron chi connectivity index (χ0n) is 26.7. The van der Waals surface area contributed by atoms with Gasteiger partial charge in [0.25, 0.3) is 11.8 Å². The minimum Gasteiger partial charge on any atom is -0.454 e. The number of nitrogens with two attached hydrogens (primary N) is 1. The lowest BCUT2D eigenvalue weighted by Crippen LogP contribution is -2.32. The minimum absolute atomic E-state index is 0.0814. The normalized spacial score (nSPS) is 11.8. The third-order valence-electron chi connectivity index (χ3n) is 7.85. The van der Waals surface area contributed by atoms with Crippen LogP contribution in [0.3, 0.4) is 0 Å². The summed E-state index contributed by atoms with van der Waals surface area (Å²) in [5, 5.41) is 3.15. The van der Waals surface area contributed by atoms with E-state index < -0.39 is 0 Å². The van der Waals surface area contributed by atoms with E-state index in [1.54, 1.807) is 42.7 Å². The summed E-state index contributed by atoms with van der Waals surface area (Å²) in [5.41, 5.74) is 11.4. The number of ether oxygens (including phenoxy) is 2. The fourth-order valence-corrected chi connectivity index (χ4v) is 5.40. The third-order valence-corrected chi connectivity index (χ3v) is 7.85. The van der Waals surface area contributed by atoms with Gasteiger partial charge in [0, 0.05) is 44.6 Å². The maximum Gasteiger partial charge on any atom is 0.255 e. The topological polar surface area (TPSA) is 113 Å². The molecule has 1 aromatic heterocycles. The van der Waals surface area contributed by atoms with E-state index >= 15 is 0 Å². The van der Waals surface area contributed by atoms with Crippen LogP contribution in [0.4, 0.5) is 11.4 Å². The van der Waals surface area contributed by atoms with E-state index in [1.165, 1.54) is 0 Å². The van der Waals surface area contributed by atoms with Crippen molar-refractivity contribution >= 4 is 23.2 Å². The molecular formula is C36H42N6O4. The average Bonchev–Trinajstić information content (AvgIpc) is 3.55. The quantitative estimate of drug-likeness (QED) is 0.200. The SMILES string of the molecule is CN(C)CCCN(C)c1ccc(-c2cccc(CN(CCCN)C(=O)c3cccnc3)c2)cc1NC(=O)c1ccc2c(c1)OCO2. The first-order valence-corrected chi connectivity index (χ1v) is 15.5. The largest absolute Gasteiger partial charge is 0.454 e. The molecule has 0 bridgehead atoms.